The van der Waals surface area contributed by atoms with Gasteiger partial charge in [-0.15, -0.1) is 13.2 Å². The van der Waals surface area contributed by atoms with Crippen LogP contribution >= 0.6 is 0 Å². The molecule has 8 heteroatoms. The van der Waals surface area contributed by atoms with Crippen molar-refractivity contribution in [2.45, 2.75) is 6.36 Å². The molecule has 0 bridgehead atoms. The third kappa shape index (κ3) is 2.73. The Morgan fingerprint density at radius 3 is 2.53 bits per heavy atom. The lowest BCUT2D eigenvalue weighted by molar-refractivity contribution is -0.323. The quantitative estimate of drug-likeness (QED) is 0.626. The van der Waals surface area contributed by atoms with E-state index in [0.29, 0.717) is 0 Å². The zero-order valence-electron chi connectivity index (χ0n) is 9.33. The van der Waals surface area contributed by atoms with Gasteiger partial charge >= 0.3 is 6.36 Å². The Kier molecular flexibility index (Phi) is 3.27. The highest BCUT2D eigenvalue weighted by molar-refractivity contribution is 6.52. The summed E-state index contributed by atoms with van der Waals surface area (Å²) in [6.07, 6.45) is -4.82. The molecule has 1 aromatic rings. The van der Waals surface area contributed by atoms with Crippen LogP contribution in [0.15, 0.2) is 18.2 Å². The number of hydrogen-bond donors (Lipinski definition) is 0. The van der Waals surface area contributed by atoms with Gasteiger partial charge in [0.15, 0.2) is 0 Å². The van der Waals surface area contributed by atoms with Gasteiger partial charge in [0.1, 0.15) is 5.82 Å². The number of carbonyl (C=O) groups excluding carboxylic acids is 2. The van der Waals surface area contributed by atoms with Gasteiger partial charge in [0.25, 0.3) is 11.7 Å². The van der Waals surface area contributed by atoms with Gasteiger partial charge in [0, 0.05) is 0 Å². The summed E-state index contributed by atoms with van der Waals surface area (Å²) in [5.74, 6) is -2.56. The molecule has 0 aliphatic carbocycles. The molecule has 1 aliphatic heterocycles. The van der Waals surface area contributed by atoms with Crippen LogP contribution in [0.25, 0.3) is 0 Å². The van der Waals surface area contributed by atoms with Gasteiger partial charge in [-0.3, -0.25) is 14.3 Å². The minimum absolute atomic E-state index is 0.0293. The van der Waals surface area contributed by atoms with Crippen molar-refractivity contribution < 1.29 is 31.9 Å². The molecule has 1 aliphatic rings. The Hall–Kier alpha value is -1.96. The number of rotatable bonds is 3. The maximum absolute atomic E-state index is 13.0. The molecular formula is C11H7F4NO3. The molecule has 1 heterocycles. The van der Waals surface area contributed by atoms with Crippen LogP contribution in [0.3, 0.4) is 0 Å². The zero-order valence-corrected chi connectivity index (χ0v) is 9.33. The van der Waals surface area contributed by atoms with Gasteiger partial charge in [0.2, 0.25) is 0 Å². The number of ketones is 1. The standard InChI is InChI=1S/C11H7F4NO3/c12-6-1-2-7-8(5-6)16(10(18)9(7)17)3-4-19-11(13,14)15/h1-2,5H,3-4H2. The maximum atomic E-state index is 13.0. The predicted molar refractivity (Wildman–Crippen MR) is 55.1 cm³/mol. The first kappa shape index (κ1) is 13.5. The van der Waals surface area contributed by atoms with Crippen LogP contribution in [0.5, 0.6) is 0 Å². The average Bonchev–Trinajstić information content (AvgIpc) is 2.52. The van der Waals surface area contributed by atoms with Crippen molar-refractivity contribution in [2.24, 2.45) is 0 Å². The summed E-state index contributed by atoms with van der Waals surface area (Å²) in [7, 11) is 0. The smallest absolute Gasteiger partial charge is 0.302 e. The molecule has 102 valence electrons. The summed E-state index contributed by atoms with van der Waals surface area (Å²) in [5.41, 5.74) is -0.0702. The Balaban J connectivity index is 2.16. The minimum Gasteiger partial charge on any atom is -0.302 e. The van der Waals surface area contributed by atoms with Crippen molar-refractivity contribution in [1.82, 2.24) is 0 Å². The third-order valence-corrected chi connectivity index (χ3v) is 2.52. The molecule has 0 radical (unpaired) electrons. The number of benzene rings is 1. The van der Waals surface area contributed by atoms with Crippen LogP contribution < -0.4 is 4.90 Å². The van der Waals surface area contributed by atoms with Crippen molar-refractivity contribution >= 4 is 17.4 Å². The highest BCUT2D eigenvalue weighted by Crippen LogP contribution is 2.29. The van der Waals surface area contributed by atoms with E-state index in [9.17, 15) is 27.2 Å². The lowest BCUT2D eigenvalue weighted by Crippen LogP contribution is -2.34. The van der Waals surface area contributed by atoms with Gasteiger partial charge in [0.05, 0.1) is 24.4 Å². The fraction of sp³-hybridized carbons (Fsp3) is 0.273. The number of hydrogen-bond acceptors (Lipinski definition) is 3. The number of Topliss-reactive ketones (excluding diaryl/α,β-unsaturated/α-hetero) is 1. The highest BCUT2D eigenvalue weighted by atomic mass is 19.4. The number of anilines is 1. The van der Waals surface area contributed by atoms with E-state index in [-0.39, 0.29) is 11.3 Å². The van der Waals surface area contributed by atoms with Crippen molar-refractivity contribution in [3.8, 4) is 0 Å². The van der Waals surface area contributed by atoms with Crippen LogP contribution in [-0.2, 0) is 9.53 Å². The zero-order chi connectivity index (χ0) is 14.2. The molecule has 0 unspecified atom stereocenters. The van der Waals surface area contributed by atoms with E-state index < -0.39 is 37.0 Å². The molecule has 1 amide bonds. The molecule has 0 aromatic heterocycles. The van der Waals surface area contributed by atoms with Crippen LogP contribution in [0.2, 0.25) is 0 Å². The number of fused-ring (bicyclic) bond motifs is 1. The lowest BCUT2D eigenvalue weighted by atomic mass is 10.1. The van der Waals surface area contributed by atoms with Gasteiger partial charge in [-0.1, -0.05) is 0 Å². The number of ether oxygens (including phenoxy) is 1. The second-order valence-electron chi connectivity index (χ2n) is 3.74. The second kappa shape index (κ2) is 4.61. The number of alkyl halides is 3. The van der Waals surface area contributed by atoms with E-state index in [2.05, 4.69) is 4.74 Å². The van der Waals surface area contributed by atoms with Crippen molar-refractivity contribution in [3.63, 3.8) is 0 Å². The molecule has 0 spiro atoms. The second-order valence-corrected chi connectivity index (χ2v) is 3.74. The van der Waals surface area contributed by atoms with Crippen molar-refractivity contribution in [1.29, 1.82) is 0 Å². The first-order valence-electron chi connectivity index (χ1n) is 5.16. The molecule has 2 rings (SSSR count). The molecule has 0 fully saturated rings. The van der Waals surface area contributed by atoms with Crippen molar-refractivity contribution in [2.75, 3.05) is 18.1 Å². The van der Waals surface area contributed by atoms with Crippen LogP contribution in [0.4, 0.5) is 23.2 Å². The third-order valence-electron chi connectivity index (χ3n) is 2.52. The molecule has 19 heavy (non-hydrogen) atoms. The van der Waals surface area contributed by atoms with E-state index in [4.69, 9.17) is 0 Å². The summed E-state index contributed by atoms with van der Waals surface area (Å²) in [4.78, 5) is 23.8. The summed E-state index contributed by atoms with van der Waals surface area (Å²) >= 11 is 0. The molecule has 0 atom stereocenters. The lowest BCUT2D eigenvalue weighted by Gasteiger charge is -2.17. The number of nitrogens with zero attached hydrogens (tertiary/aromatic N) is 1. The summed E-state index contributed by atoms with van der Waals surface area (Å²) in [5, 5.41) is 0. The average molecular weight is 277 g/mol. The Morgan fingerprint density at radius 2 is 1.89 bits per heavy atom. The fourth-order valence-corrected chi connectivity index (χ4v) is 1.74. The van der Waals surface area contributed by atoms with Gasteiger partial charge in [-0.25, -0.2) is 4.39 Å². The number of halogens is 4. The van der Waals surface area contributed by atoms with Crippen LogP contribution in [0, 0.1) is 5.82 Å². The van der Waals surface area contributed by atoms with Crippen molar-refractivity contribution in [3.05, 3.63) is 29.6 Å². The molecule has 4 nitrogen and oxygen atoms in total. The molecule has 0 N–H and O–H groups in total. The minimum atomic E-state index is -4.82. The Labute approximate surface area is 104 Å². The monoisotopic (exact) mass is 277 g/mol. The molecule has 0 saturated carbocycles. The molecular weight excluding hydrogens is 270 g/mol. The van der Waals surface area contributed by atoms with E-state index in [1.54, 1.807) is 0 Å². The largest absolute Gasteiger partial charge is 0.522 e. The van der Waals surface area contributed by atoms with E-state index in [1.165, 1.54) is 0 Å². The summed E-state index contributed by atoms with van der Waals surface area (Å²) in [6, 6.07) is 3.04. The van der Waals surface area contributed by atoms with E-state index >= 15 is 0 Å². The van der Waals surface area contributed by atoms with E-state index in [0.717, 1.165) is 23.1 Å². The van der Waals surface area contributed by atoms with Crippen LogP contribution in [-0.4, -0.2) is 31.2 Å². The number of carbonyl (C=O) groups is 2. The van der Waals surface area contributed by atoms with E-state index in [1.807, 2.05) is 0 Å². The molecule has 1 aromatic carbocycles. The van der Waals surface area contributed by atoms with Crippen LogP contribution in [0.1, 0.15) is 10.4 Å². The van der Waals surface area contributed by atoms with Gasteiger partial charge in [-0.2, -0.15) is 0 Å². The first-order chi connectivity index (χ1) is 8.79. The van der Waals surface area contributed by atoms with Gasteiger partial charge in [-0.05, 0) is 18.2 Å². The topological polar surface area (TPSA) is 46.6 Å². The highest BCUT2D eigenvalue weighted by Gasteiger charge is 2.37. The van der Waals surface area contributed by atoms with Gasteiger partial charge < -0.3 is 4.90 Å². The fourth-order valence-electron chi connectivity index (χ4n) is 1.74. The SMILES string of the molecule is O=C1C(=O)N(CCOC(F)(F)F)c2cc(F)ccc21. The normalized spacial score (nSPS) is 15.1. The maximum Gasteiger partial charge on any atom is 0.522 e. The molecule has 0 saturated heterocycles. The Bertz CT molecular complexity index is 541. The number of amides is 1. The Morgan fingerprint density at radius 1 is 1.21 bits per heavy atom. The summed E-state index contributed by atoms with van der Waals surface area (Å²) in [6.45, 7) is -1.32. The predicted octanol–water partition coefficient (Wildman–Crippen LogP) is 1.89. The first-order valence-corrected chi connectivity index (χ1v) is 5.16. The summed E-state index contributed by atoms with van der Waals surface area (Å²) < 4.78 is 52.0.